The second kappa shape index (κ2) is 13.3. The van der Waals surface area contributed by atoms with Gasteiger partial charge in [-0.2, -0.15) is 0 Å². The summed E-state index contributed by atoms with van der Waals surface area (Å²) in [5.41, 5.74) is 0.726. The highest BCUT2D eigenvalue weighted by Gasteiger charge is 2.09. The zero-order chi connectivity index (χ0) is 19.4. The standard InChI is InChI=1S/C17H21Cl4NO4/c1-12(22-26-8-5-16(20)21)11-24-6-3-2-4-7-25-17-14(18)9-13(23)10-15(17)19/h5,9-10,23H,2-4,6-8,11H2,1H3. The number of phenols is 1. The summed E-state index contributed by atoms with van der Waals surface area (Å²) < 4.78 is 11.2. The molecule has 26 heavy (non-hydrogen) atoms. The van der Waals surface area contributed by atoms with E-state index in [0.29, 0.717) is 35.6 Å². The van der Waals surface area contributed by atoms with Crippen molar-refractivity contribution in [3.05, 3.63) is 32.7 Å². The molecule has 0 saturated carbocycles. The van der Waals surface area contributed by atoms with Gasteiger partial charge in [-0.15, -0.1) is 0 Å². The fraction of sp³-hybridized carbons (Fsp3) is 0.471. The Morgan fingerprint density at radius 1 is 1.12 bits per heavy atom. The molecule has 0 aliphatic rings. The molecule has 0 unspecified atom stereocenters. The Kier molecular flexibility index (Phi) is 11.9. The number of hydrogen-bond acceptors (Lipinski definition) is 5. The van der Waals surface area contributed by atoms with Gasteiger partial charge in [-0.05, 0) is 32.3 Å². The Balaban J connectivity index is 2.08. The van der Waals surface area contributed by atoms with Gasteiger partial charge in [0.25, 0.3) is 0 Å². The summed E-state index contributed by atoms with van der Waals surface area (Å²) in [4.78, 5) is 4.99. The van der Waals surface area contributed by atoms with E-state index in [2.05, 4.69) is 5.16 Å². The lowest BCUT2D eigenvalue weighted by Gasteiger charge is -2.10. The Labute approximate surface area is 173 Å². The zero-order valence-electron chi connectivity index (χ0n) is 14.3. The molecule has 1 aromatic rings. The summed E-state index contributed by atoms with van der Waals surface area (Å²) in [5.74, 6) is 0.396. The molecule has 0 saturated heterocycles. The number of hydrogen-bond donors (Lipinski definition) is 1. The van der Waals surface area contributed by atoms with E-state index in [1.165, 1.54) is 18.2 Å². The Morgan fingerprint density at radius 3 is 2.42 bits per heavy atom. The first-order chi connectivity index (χ1) is 12.4. The van der Waals surface area contributed by atoms with Crippen molar-refractivity contribution in [1.82, 2.24) is 0 Å². The van der Waals surface area contributed by atoms with Crippen LogP contribution in [0.3, 0.4) is 0 Å². The molecule has 0 bridgehead atoms. The SMILES string of the molecule is CC(COCCCCCOc1c(Cl)cc(O)cc1Cl)=NOCC=C(Cl)Cl. The summed E-state index contributed by atoms with van der Waals surface area (Å²) in [7, 11) is 0. The average Bonchev–Trinajstić information content (AvgIpc) is 2.55. The van der Waals surface area contributed by atoms with Gasteiger partial charge in [0, 0.05) is 18.7 Å². The molecule has 0 amide bonds. The van der Waals surface area contributed by atoms with Gasteiger partial charge in [0.15, 0.2) is 5.75 Å². The largest absolute Gasteiger partial charge is 0.508 e. The third kappa shape index (κ3) is 10.3. The second-order valence-electron chi connectivity index (χ2n) is 5.32. The fourth-order valence-electron chi connectivity index (χ4n) is 1.84. The predicted molar refractivity (Wildman–Crippen MR) is 107 cm³/mol. The molecule has 1 N–H and O–H groups in total. The van der Waals surface area contributed by atoms with E-state index in [0.717, 1.165) is 25.0 Å². The van der Waals surface area contributed by atoms with Crippen LogP contribution in [0.15, 0.2) is 27.9 Å². The monoisotopic (exact) mass is 443 g/mol. The highest BCUT2D eigenvalue weighted by Crippen LogP contribution is 2.36. The number of aromatic hydroxyl groups is 1. The van der Waals surface area contributed by atoms with E-state index in [1.807, 2.05) is 6.92 Å². The normalized spacial score (nSPS) is 11.3. The minimum absolute atomic E-state index is 0.00745. The molecule has 146 valence electrons. The van der Waals surface area contributed by atoms with Crippen LogP contribution in [-0.4, -0.2) is 37.2 Å². The molecule has 0 fully saturated rings. The minimum Gasteiger partial charge on any atom is -0.508 e. The lowest BCUT2D eigenvalue weighted by atomic mass is 10.2. The Hall–Kier alpha value is -0.850. The Bertz CT molecular complexity index is 596. The van der Waals surface area contributed by atoms with Gasteiger partial charge >= 0.3 is 0 Å². The van der Waals surface area contributed by atoms with Crippen LogP contribution < -0.4 is 4.74 Å². The van der Waals surface area contributed by atoms with Crippen LogP contribution in [0.25, 0.3) is 0 Å². The van der Waals surface area contributed by atoms with Crippen molar-refractivity contribution in [2.45, 2.75) is 26.2 Å². The molecule has 0 heterocycles. The van der Waals surface area contributed by atoms with E-state index in [-0.39, 0.29) is 16.8 Å². The van der Waals surface area contributed by atoms with Gasteiger partial charge in [-0.3, -0.25) is 0 Å². The molecule has 1 rings (SSSR count). The van der Waals surface area contributed by atoms with Gasteiger partial charge in [0.05, 0.1) is 29.0 Å². The van der Waals surface area contributed by atoms with E-state index in [1.54, 1.807) is 0 Å². The third-order valence-corrected chi connectivity index (χ3v) is 3.88. The topological polar surface area (TPSA) is 60.3 Å². The minimum atomic E-state index is 0.00745. The number of rotatable bonds is 12. The highest BCUT2D eigenvalue weighted by atomic mass is 35.5. The lowest BCUT2D eigenvalue weighted by Crippen LogP contribution is -2.07. The molecule has 0 radical (unpaired) electrons. The summed E-state index contributed by atoms with van der Waals surface area (Å²) in [6, 6.07) is 2.79. The van der Waals surface area contributed by atoms with Crippen molar-refractivity contribution in [3.63, 3.8) is 0 Å². The number of phenolic OH excluding ortho intramolecular Hbond substituents is 1. The number of oxime groups is 1. The van der Waals surface area contributed by atoms with Crippen LogP contribution in [0, 0.1) is 0 Å². The van der Waals surface area contributed by atoms with Gasteiger partial charge in [0.1, 0.15) is 16.8 Å². The van der Waals surface area contributed by atoms with Gasteiger partial charge in [-0.1, -0.05) is 51.6 Å². The van der Waals surface area contributed by atoms with Crippen molar-refractivity contribution in [2.24, 2.45) is 5.16 Å². The van der Waals surface area contributed by atoms with Crippen LogP contribution in [0.1, 0.15) is 26.2 Å². The quantitative estimate of drug-likeness (QED) is 0.245. The number of unbranched alkanes of at least 4 members (excludes halogenated alkanes) is 2. The molecule has 1 aromatic carbocycles. The first-order valence-corrected chi connectivity index (χ1v) is 9.46. The molecule has 0 aromatic heterocycles. The lowest BCUT2D eigenvalue weighted by molar-refractivity contribution is 0.148. The molecule has 9 heteroatoms. The summed E-state index contributed by atoms with van der Waals surface area (Å²) in [6.07, 6.45) is 4.15. The van der Waals surface area contributed by atoms with E-state index >= 15 is 0 Å². The first kappa shape index (κ1) is 23.2. The predicted octanol–water partition coefficient (Wildman–Crippen LogP) is 5.98. The van der Waals surface area contributed by atoms with Crippen molar-refractivity contribution < 1.29 is 19.4 Å². The maximum Gasteiger partial charge on any atom is 0.156 e. The highest BCUT2D eigenvalue weighted by molar-refractivity contribution is 6.55. The molecule has 0 spiro atoms. The van der Waals surface area contributed by atoms with E-state index < -0.39 is 0 Å². The number of halogens is 4. The molecule has 0 atom stereocenters. The first-order valence-electron chi connectivity index (χ1n) is 7.95. The van der Waals surface area contributed by atoms with Gasteiger partial charge in [-0.25, -0.2) is 0 Å². The molecular formula is C17H21Cl4NO4. The van der Waals surface area contributed by atoms with Crippen LogP contribution >= 0.6 is 46.4 Å². The fourth-order valence-corrected chi connectivity index (χ4v) is 2.55. The van der Waals surface area contributed by atoms with Crippen molar-refractivity contribution in [2.75, 3.05) is 26.4 Å². The average molecular weight is 445 g/mol. The smallest absolute Gasteiger partial charge is 0.156 e. The number of nitrogens with zero attached hydrogens (tertiary/aromatic N) is 1. The molecule has 0 aliphatic heterocycles. The summed E-state index contributed by atoms with van der Waals surface area (Å²) in [6.45, 7) is 3.52. The van der Waals surface area contributed by atoms with E-state index in [4.69, 9.17) is 60.7 Å². The summed E-state index contributed by atoms with van der Waals surface area (Å²) >= 11 is 22.8. The third-order valence-electron chi connectivity index (χ3n) is 3.01. The second-order valence-corrected chi connectivity index (χ2v) is 7.14. The summed E-state index contributed by atoms with van der Waals surface area (Å²) in [5, 5.41) is 13.8. The van der Waals surface area contributed by atoms with E-state index in [9.17, 15) is 5.11 Å². The molecular weight excluding hydrogens is 424 g/mol. The van der Waals surface area contributed by atoms with Crippen LogP contribution in [0.2, 0.25) is 10.0 Å². The number of ether oxygens (including phenoxy) is 2. The van der Waals surface area contributed by atoms with Gasteiger partial charge < -0.3 is 19.4 Å². The van der Waals surface area contributed by atoms with Crippen LogP contribution in [0.5, 0.6) is 11.5 Å². The molecule has 0 aliphatic carbocycles. The maximum atomic E-state index is 9.36. The van der Waals surface area contributed by atoms with Crippen molar-refractivity contribution in [1.29, 1.82) is 0 Å². The number of benzene rings is 1. The zero-order valence-corrected chi connectivity index (χ0v) is 17.3. The van der Waals surface area contributed by atoms with Crippen molar-refractivity contribution in [3.8, 4) is 11.5 Å². The van der Waals surface area contributed by atoms with Crippen molar-refractivity contribution >= 4 is 52.1 Å². The van der Waals surface area contributed by atoms with Crippen LogP contribution in [0.4, 0.5) is 0 Å². The van der Waals surface area contributed by atoms with Gasteiger partial charge in [0.2, 0.25) is 0 Å². The maximum absolute atomic E-state index is 9.36. The van der Waals surface area contributed by atoms with Crippen LogP contribution in [-0.2, 0) is 9.57 Å². The Morgan fingerprint density at radius 2 is 1.77 bits per heavy atom. The molecule has 5 nitrogen and oxygen atoms in total.